The molecule has 0 bridgehead atoms. The molecule has 7 aromatic carbocycles. The fourth-order valence-corrected chi connectivity index (χ4v) is 7.55. The van der Waals surface area contributed by atoms with Crippen LogP contribution < -0.4 is 0 Å². The Morgan fingerprint density at radius 1 is 0.500 bits per heavy atom. The lowest BCUT2D eigenvalue weighted by molar-refractivity contribution is 0.669. The highest BCUT2D eigenvalue weighted by atomic mass is 16.3. The average Bonchev–Trinajstić information content (AvgIpc) is 3.54. The first-order valence-corrected chi connectivity index (χ1v) is 17.1. The summed E-state index contributed by atoms with van der Waals surface area (Å²) in [5, 5.41) is 10.5. The van der Waals surface area contributed by atoms with Crippen molar-refractivity contribution >= 4 is 82.4 Å². The highest BCUT2D eigenvalue weighted by molar-refractivity contribution is 6.21. The second-order valence-electron chi connectivity index (χ2n) is 13.2. The second kappa shape index (κ2) is 11.4. The predicted octanol–water partition coefficient (Wildman–Crippen LogP) is 12.1. The minimum absolute atomic E-state index is 0.686. The minimum atomic E-state index is 0.686. The van der Waals surface area contributed by atoms with Crippen molar-refractivity contribution in [2.75, 3.05) is 0 Å². The Balaban J connectivity index is 1.20. The van der Waals surface area contributed by atoms with Gasteiger partial charge < -0.3 is 4.42 Å². The van der Waals surface area contributed by atoms with Crippen LogP contribution in [0.1, 0.15) is 36.5 Å². The second-order valence-corrected chi connectivity index (χ2v) is 13.2. The third-order valence-electron chi connectivity index (χ3n) is 10.2. The molecule has 236 valence electrons. The molecule has 10 rings (SSSR count). The van der Waals surface area contributed by atoms with Gasteiger partial charge in [-0.05, 0) is 94.9 Å². The van der Waals surface area contributed by atoms with Crippen molar-refractivity contribution in [3.05, 3.63) is 168 Å². The van der Waals surface area contributed by atoms with Gasteiger partial charge in [-0.1, -0.05) is 97.1 Å². The van der Waals surface area contributed by atoms with Crippen LogP contribution in [0.25, 0.3) is 70.9 Å². The minimum Gasteiger partial charge on any atom is -0.456 e. The largest absolute Gasteiger partial charge is 0.456 e. The van der Waals surface area contributed by atoms with Crippen molar-refractivity contribution in [3.8, 4) is 0 Å². The zero-order valence-electron chi connectivity index (χ0n) is 27.5. The molecule has 0 spiro atoms. The van der Waals surface area contributed by atoms with E-state index in [0.717, 1.165) is 79.2 Å². The van der Waals surface area contributed by atoms with Crippen LogP contribution in [0.5, 0.6) is 0 Å². The molecule has 4 heteroatoms. The van der Waals surface area contributed by atoms with Crippen LogP contribution in [0.3, 0.4) is 0 Å². The summed E-state index contributed by atoms with van der Waals surface area (Å²) < 4.78 is 6.32. The molecular formula is C46H31N3O. The topological polar surface area (TPSA) is 50.8 Å². The van der Waals surface area contributed by atoms with Gasteiger partial charge in [0.15, 0.2) is 5.84 Å². The quantitative estimate of drug-likeness (QED) is 0.180. The summed E-state index contributed by atoms with van der Waals surface area (Å²) in [6.07, 6.45) is 3.61. The SMILES string of the molecule is C\C1=C(c2ccc3c(c2)oc2ccccc23)/N=C(c2ccc3ncc4ccc5ccccc5c4c3c2)\N=C(\c2ccc3ccccc3c2)CC1. The molecule has 0 amide bonds. The molecule has 3 heterocycles. The monoisotopic (exact) mass is 641 g/mol. The number of aromatic nitrogens is 1. The van der Waals surface area contributed by atoms with Crippen molar-refractivity contribution in [1.82, 2.24) is 4.98 Å². The summed E-state index contributed by atoms with van der Waals surface area (Å²) in [6, 6.07) is 49.2. The highest BCUT2D eigenvalue weighted by Crippen LogP contribution is 2.35. The van der Waals surface area contributed by atoms with Crippen LogP contribution in [0.4, 0.5) is 0 Å². The van der Waals surface area contributed by atoms with Crippen molar-refractivity contribution in [2.24, 2.45) is 9.98 Å². The Bertz CT molecular complexity index is 2940. The molecule has 2 aromatic heterocycles. The van der Waals surface area contributed by atoms with Gasteiger partial charge in [-0.25, -0.2) is 9.98 Å². The molecule has 0 aliphatic carbocycles. The number of rotatable bonds is 3. The Hall–Kier alpha value is -6.39. The number of para-hydroxylation sites is 1. The normalized spacial score (nSPS) is 17.6. The summed E-state index contributed by atoms with van der Waals surface area (Å²) >= 11 is 0. The zero-order chi connectivity index (χ0) is 33.2. The van der Waals surface area contributed by atoms with Crippen LogP contribution in [0, 0.1) is 0 Å². The van der Waals surface area contributed by atoms with Gasteiger partial charge >= 0.3 is 0 Å². The van der Waals surface area contributed by atoms with Crippen LogP contribution in [-0.2, 0) is 0 Å². The van der Waals surface area contributed by atoms with Crippen molar-refractivity contribution in [1.29, 1.82) is 0 Å². The molecule has 0 radical (unpaired) electrons. The fourth-order valence-electron chi connectivity index (χ4n) is 7.55. The molecule has 50 heavy (non-hydrogen) atoms. The number of hydrogen-bond acceptors (Lipinski definition) is 4. The Morgan fingerprint density at radius 3 is 2.14 bits per heavy atom. The lowest BCUT2D eigenvalue weighted by Gasteiger charge is -2.17. The van der Waals surface area contributed by atoms with E-state index in [4.69, 9.17) is 19.4 Å². The van der Waals surface area contributed by atoms with E-state index < -0.39 is 0 Å². The first-order valence-electron chi connectivity index (χ1n) is 17.1. The third kappa shape index (κ3) is 4.72. The Labute approximate surface area is 288 Å². The maximum atomic E-state index is 6.32. The van der Waals surface area contributed by atoms with Gasteiger partial charge in [0.1, 0.15) is 11.2 Å². The van der Waals surface area contributed by atoms with E-state index in [1.807, 2.05) is 18.3 Å². The van der Waals surface area contributed by atoms with E-state index in [-0.39, 0.29) is 0 Å². The number of benzene rings is 7. The van der Waals surface area contributed by atoms with Crippen LogP contribution >= 0.6 is 0 Å². The molecule has 0 fully saturated rings. The summed E-state index contributed by atoms with van der Waals surface area (Å²) in [5.74, 6) is 0.686. The average molecular weight is 642 g/mol. The van der Waals surface area contributed by atoms with Gasteiger partial charge in [-0.3, -0.25) is 4.98 Å². The van der Waals surface area contributed by atoms with Crippen LogP contribution in [0.15, 0.2) is 166 Å². The molecular weight excluding hydrogens is 611 g/mol. The molecule has 0 N–H and O–H groups in total. The number of hydrogen-bond donors (Lipinski definition) is 0. The van der Waals surface area contributed by atoms with Gasteiger partial charge in [-0.2, -0.15) is 0 Å². The van der Waals surface area contributed by atoms with E-state index >= 15 is 0 Å². The Kier molecular flexibility index (Phi) is 6.50. The molecule has 1 aliphatic rings. The fraction of sp³-hybridized carbons (Fsp3) is 0.0652. The molecule has 0 atom stereocenters. The van der Waals surface area contributed by atoms with Gasteiger partial charge in [0.2, 0.25) is 0 Å². The highest BCUT2D eigenvalue weighted by Gasteiger charge is 2.19. The summed E-state index contributed by atoms with van der Waals surface area (Å²) in [7, 11) is 0. The number of pyridine rings is 1. The standard InChI is InChI=1S/C46H31N3O/c1-28-14-22-40(32-17-15-29-8-2-3-10-31(29)24-32)48-46(49-45(28)33-19-21-38-37-12-6-7-13-42(37)50-43(38)26-33)34-20-23-41-39(25-34)44-35(27-47-41)18-16-30-9-4-5-11-36(30)44/h2-13,15-21,23-27H,14,22H2,1H3/b45-28+,48-40+,49-46-. The molecule has 9 aromatic rings. The van der Waals surface area contributed by atoms with Crippen molar-refractivity contribution in [2.45, 2.75) is 19.8 Å². The summed E-state index contributed by atoms with van der Waals surface area (Å²) in [4.78, 5) is 15.7. The van der Waals surface area contributed by atoms with Gasteiger partial charge in [0.25, 0.3) is 0 Å². The molecule has 1 aliphatic heterocycles. The smallest absolute Gasteiger partial charge is 0.160 e. The van der Waals surface area contributed by atoms with Crippen molar-refractivity contribution in [3.63, 3.8) is 0 Å². The molecule has 0 saturated heterocycles. The van der Waals surface area contributed by atoms with E-state index in [2.05, 4.69) is 134 Å². The lowest BCUT2D eigenvalue weighted by atomic mass is 9.96. The van der Waals surface area contributed by atoms with E-state index in [0.29, 0.717) is 5.84 Å². The van der Waals surface area contributed by atoms with Gasteiger partial charge in [0, 0.05) is 44.3 Å². The first-order chi connectivity index (χ1) is 24.7. The van der Waals surface area contributed by atoms with Crippen LogP contribution in [-0.4, -0.2) is 16.5 Å². The van der Waals surface area contributed by atoms with Crippen molar-refractivity contribution < 1.29 is 4.42 Å². The predicted molar refractivity (Wildman–Crippen MR) is 209 cm³/mol. The van der Waals surface area contributed by atoms with E-state index in [1.165, 1.54) is 32.5 Å². The number of aliphatic imine (C=N–C) groups is 2. The van der Waals surface area contributed by atoms with E-state index in [1.54, 1.807) is 0 Å². The van der Waals surface area contributed by atoms with Gasteiger partial charge in [0.05, 0.1) is 16.9 Å². The zero-order valence-corrected chi connectivity index (χ0v) is 27.5. The molecule has 0 saturated carbocycles. The number of nitrogens with zero attached hydrogens (tertiary/aromatic N) is 3. The third-order valence-corrected chi connectivity index (χ3v) is 10.2. The number of amidine groups is 1. The van der Waals surface area contributed by atoms with Gasteiger partial charge in [-0.15, -0.1) is 0 Å². The maximum Gasteiger partial charge on any atom is 0.160 e. The Morgan fingerprint density at radius 2 is 1.22 bits per heavy atom. The first kappa shape index (κ1) is 28.6. The lowest BCUT2D eigenvalue weighted by Crippen LogP contribution is -2.10. The number of allylic oxidation sites excluding steroid dienone is 1. The van der Waals surface area contributed by atoms with Crippen LogP contribution in [0.2, 0.25) is 0 Å². The maximum absolute atomic E-state index is 6.32. The molecule has 0 unspecified atom stereocenters. The summed E-state index contributed by atoms with van der Waals surface area (Å²) in [6.45, 7) is 2.20. The van der Waals surface area contributed by atoms with E-state index in [9.17, 15) is 0 Å². The number of fused-ring (bicyclic) bond motifs is 9. The molecule has 4 nitrogen and oxygen atoms in total. The summed E-state index contributed by atoms with van der Waals surface area (Å²) in [5.41, 5.74) is 8.97. The number of furan rings is 1.